The molecule has 0 amide bonds. The normalized spacial score (nSPS) is 14.9. The fraction of sp³-hybridized carbons (Fsp3) is 0.364. The highest BCUT2D eigenvalue weighted by atomic mass is 15.3. The van der Waals surface area contributed by atoms with Gasteiger partial charge in [-0.25, -0.2) is 20.5 Å². The molecule has 1 aliphatic rings. The van der Waals surface area contributed by atoms with Crippen LogP contribution in [0.1, 0.15) is 30.0 Å². The van der Waals surface area contributed by atoms with Crippen LogP contribution < -0.4 is 11.3 Å². The number of hydrazine groups is 1. The third-order valence-corrected chi connectivity index (χ3v) is 3.02. The van der Waals surface area contributed by atoms with Gasteiger partial charge in [-0.15, -0.1) is 0 Å². The average molecular weight is 230 g/mol. The molecule has 17 heavy (non-hydrogen) atoms. The SMILES string of the molecule is Cc1c(NN)ncnc1-n1ccc(C2CC2)n1. The summed E-state index contributed by atoms with van der Waals surface area (Å²) in [5, 5.41) is 4.54. The molecular formula is C11H14N6. The molecule has 2 heterocycles. The second kappa shape index (κ2) is 3.81. The second-order valence-corrected chi connectivity index (χ2v) is 4.27. The summed E-state index contributed by atoms with van der Waals surface area (Å²) in [7, 11) is 0. The smallest absolute Gasteiger partial charge is 0.161 e. The number of hydrogen-bond donors (Lipinski definition) is 2. The Hall–Kier alpha value is -1.95. The summed E-state index contributed by atoms with van der Waals surface area (Å²) >= 11 is 0. The summed E-state index contributed by atoms with van der Waals surface area (Å²) < 4.78 is 1.78. The van der Waals surface area contributed by atoms with Gasteiger partial charge in [-0.1, -0.05) is 0 Å². The van der Waals surface area contributed by atoms with E-state index in [0.29, 0.717) is 11.7 Å². The minimum absolute atomic E-state index is 0.624. The summed E-state index contributed by atoms with van der Waals surface area (Å²) in [5.74, 6) is 7.42. The van der Waals surface area contributed by atoms with Crippen molar-refractivity contribution in [1.29, 1.82) is 0 Å². The highest BCUT2D eigenvalue weighted by molar-refractivity contribution is 5.49. The van der Waals surface area contributed by atoms with Crippen LogP contribution in [0.25, 0.3) is 5.82 Å². The van der Waals surface area contributed by atoms with E-state index in [-0.39, 0.29) is 0 Å². The van der Waals surface area contributed by atoms with E-state index in [4.69, 9.17) is 5.84 Å². The Morgan fingerprint density at radius 2 is 2.24 bits per heavy atom. The first-order valence-corrected chi connectivity index (χ1v) is 5.63. The first-order valence-electron chi connectivity index (χ1n) is 5.63. The van der Waals surface area contributed by atoms with Gasteiger partial charge in [0.1, 0.15) is 12.1 Å². The van der Waals surface area contributed by atoms with Gasteiger partial charge in [0.25, 0.3) is 0 Å². The van der Waals surface area contributed by atoms with Crippen LogP contribution in [0.4, 0.5) is 5.82 Å². The van der Waals surface area contributed by atoms with Gasteiger partial charge in [0.2, 0.25) is 0 Å². The van der Waals surface area contributed by atoms with Gasteiger partial charge in [-0.2, -0.15) is 5.10 Å². The molecule has 0 unspecified atom stereocenters. The van der Waals surface area contributed by atoms with E-state index in [1.165, 1.54) is 19.2 Å². The maximum Gasteiger partial charge on any atom is 0.161 e. The maximum absolute atomic E-state index is 5.39. The molecule has 0 radical (unpaired) electrons. The van der Waals surface area contributed by atoms with Crippen molar-refractivity contribution in [2.24, 2.45) is 5.84 Å². The quantitative estimate of drug-likeness (QED) is 0.610. The van der Waals surface area contributed by atoms with E-state index in [1.807, 2.05) is 13.1 Å². The molecule has 0 bridgehead atoms. The van der Waals surface area contributed by atoms with Gasteiger partial charge in [-0.3, -0.25) is 0 Å². The molecule has 2 aromatic heterocycles. The van der Waals surface area contributed by atoms with Crippen molar-refractivity contribution in [2.45, 2.75) is 25.7 Å². The predicted molar refractivity (Wildman–Crippen MR) is 63.7 cm³/mol. The molecule has 0 spiro atoms. The summed E-state index contributed by atoms with van der Waals surface area (Å²) in [6.07, 6.45) is 5.91. The van der Waals surface area contributed by atoms with Crippen molar-refractivity contribution >= 4 is 5.82 Å². The van der Waals surface area contributed by atoms with E-state index < -0.39 is 0 Å². The highest BCUT2D eigenvalue weighted by Crippen LogP contribution is 2.39. The van der Waals surface area contributed by atoms with Crippen LogP contribution >= 0.6 is 0 Å². The van der Waals surface area contributed by atoms with E-state index in [1.54, 1.807) is 4.68 Å². The van der Waals surface area contributed by atoms with Crippen LogP contribution in [0.5, 0.6) is 0 Å². The molecule has 1 fully saturated rings. The van der Waals surface area contributed by atoms with Crippen molar-refractivity contribution in [3.63, 3.8) is 0 Å². The van der Waals surface area contributed by atoms with Gasteiger partial charge in [-0.05, 0) is 25.8 Å². The first-order chi connectivity index (χ1) is 8.29. The number of nitrogen functional groups attached to an aromatic ring is 1. The molecule has 0 atom stereocenters. The fourth-order valence-electron chi connectivity index (χ4n) is 1.87. The lowest BCUT2D eigenvalue weighted by Crippen LogP contribution is -2.13. The lowest BCUT2D eigenvalue weighted by Gasteiger charge is -2.08. The molecule has 6 heteroatoms. The van der Waals surface area contributed by atoms with Crippen molar-refractivity contribution in [3.05, 3.63) is 29.8 Å². The van der Waals surface area contributed by atoms with Gasteiger partial charge < -0.3 is 5.43 Å². The molecule has 0 aromatic carbocycles. The molecular weight excluding hydrogens is 216 g/mol. The van der Waals surface area contributed by atoms with Crippen LogP contribution in [0.2, 0.25) is 0 Å². The fourth-order valence-corrected chi connectivity index (χ4v) is 1.87. The molecule has 88 valence electrons. The van der Waals surface area contributed by atoms with E-state index in [0.717, 1.165) is 17.1 Å². The molecule has 0 saturated heterocycles. The molecule has 1 saturated carbocycles. The van der Waals surface area contributed by atoms with Gasteiger partial charge >= 0.3 is 0 Å². The van der Waals surface area contributed by atoms with Crippen LogP contribution in [0.15, 0.2) is 18.6 Å². The monoisotopic (exact) mass is 230 g/mol. The largest absolute Gasteiger partial charge is 0.308 e. The number of hydrogen-bond acceptors (Lipinski definition) is 5. The van der Waals surface area contributed by atoms with Crippen LogP contribution in [0.3, 0.4) is 0 Å². The first kappa shape index (κ1) is 10.2. The maximum atomic E-state index is 5.39. The van der Waals surface area contributed by atoms with Crippen molar-refractivity contribution in [3.8, 4) is 5.82 Å². The molecule has 1 aliphatic carbocycles. The van der Waals surface area contributed by atoms with Crippen LogP contribution in [-0.4, -0.2) is 19.7 Å². The summed E-state index contributed by atoms with van der Waals surface area (Å²) in [6, 6.07) is 2.05. The number of anilines is 1. The predicted octanol–water partition coefficient (Wildman–Crippen LogP) is 1.13. The van der Waals surface area contributed by atoms with E-state index in [2.05, 4.69) is 26.6 Å². The summed E-state index contributed by atoms with van der Waals surface area (Å²) in [4.78, 5) is 8.29. The van der Waals surface area contributed by atoms with Gasteiger partial charge in [0, 0.05) is 17.7 Å². The number of nitrogens with two attached hydrogens (primary N) is 1. The Kier molecular flexibility index (Phi) is 2.29. The van der Waals surface area contributed by atoms with Crippen molar-refractivity contribution < 1.29 is 0 Å². The summed E-state index contributed by atoms with van der Waals surface area (Å²) in [5.41, 5.74) is 4.59. The minimum atomic E-state index is 0.624. The van der Waals surface area contributed by atoms with E-state index in [9.17, 15) is 0 Å². The second-order valence-electron chi connectivity index (χ2n) is 4.27. The molecule has 3 N–H and O–H groups in total. The van der Waals surface area contributed by atoms with Crippen LogP contribution in [-0.2, 0) is 0 Å². The molecule has 3 rings (SSSR count). The number of rotatable bonds is 3. The molecule has 6 nitrogen and oxygen atoms in total. The zero-order chi connectivity index (χ0) is 11.8. The highest BCUT2D eigenvalue weighted by Gasteiger charge is 2.26. The Balaban J connectivity index is 2.01. The standard InChI is InChI=1S/C11H14N6/c1-7-10(15-12)13-6-14-11(7)17-5-4-9(16-17)8-2-3-8/h4-6,8H,2-3,12H2,1H3,(H,13,14,15). The topological polar surface area (TPSA) is 81.6 Å². The third-order valence-electron chi connectivity index (χ3n) is 3.02. The van der Waals surface area contributed by atoms with Crippen molar-refractivity contribution in [2.75, 3.05) is 5.43 Å². The summed E-state index contributed by atoms with van der Waals surface area (Å²) in [6.45, 7) is 1.92. The van der Waals surface area contributed by atoms with E-state index >= 15 is 0 Å². The van der Waals surface area contributed by atoms with Crippen molar-refractivity contribution in [1.82, 2.24) is 19.7 Å². The number of nitrogens with one attached hydrogen (secondary N) is 1. The number of aromatic nitrogens is 4. The Labute approximate surface area is 98.8 Å². The van der Waals surface area contributed by atoms with Crippen LogP contribution in [0, 0.1) is 6.92 Å². The van der Waals surface area contributed by atoms with Gasteiger partial charge in [0.05, 0.1) is 5.69 Å². The third kappa shape index (κ3) is 1.76. The molecule has 2 aromatic rings. The average Bonchev–Trinajstić information content (AvgIpc) is 3.08. The lowest BCUT2D eigenvalue weighted by molar-refractivity contribution is 0.800. The zero-order valence-electron chi connectivity index (χ0n) is 9.59. The zero-order valence-corrected chi connectivity index (χ0v) is 9.59. The number of nitrogens with zero attached hydrogens (tertiary/aromatic N) is 4. The molecule has 0 aliphatic heterocycles. The lowest BCUT2D eigenvalue weighted by atomic mass is 10.3. The Morgan fingerprint density at radius 1 is 1.41 bits per heavy atom. The Morgan fingerprint density at radius 3 is 2.94 bits per heavy atom. The van der Waals surface area contributed by atoms with Gasteiger partial charge in [0.15, 0.2) is 5.82 Å². The Bertz CT molecular complexity index is 543. The minimum Gasteiger partial charge on any atom is -0.308 e.